The van der Waals surface area contributed by atoms with E-state index in [2.05, 4.69) is 39.7 Å². The second kappa shape index (κ2) is 6.55. The molecule has 1 aliphatic heterocycles. The van der Waals surface area contributed by atoms with Crippen molar-refractivity contribution >= 4 is 21.7 Å². The van der Waals surface area contributed by atoms with Crippen LogP contribution in [0.5, 0.6) is 0 Å². The van der Waals surface area contributed by atoms with E-state index in [1.165, 1.54) is 0 Å². The molecule has 1 aromatic rings. The number of aromatic nitrogens is 2. The molecule has 1 fully saturated rings. The Labute approximate surface area is 123 Å². The third-order valence-electron chi connectivity index (χ3n) is 3.55. The summed E-state index contributed by atoms with van der Waals surface area (Å²) >= 11 is 3.49. The quantitative estimate of drug-likeness (QED) is 0.780. The van der Waals surface area contributed by atoms with Gasteiger partial charge in [0.1, 0.15) is 0 Å². The maximum Gasteiger partial charge on any atom is 0.293 e. The number of anilines is 1. The Bertz CT molecular complexity index is 472. The zero-order valence-corrected chi connectivity index (χ0v) is 13.3. The number of halogens is 1. The fraction of sp³-hybridized carbons (Fsp3) is 0.714. The van der Waals surface area contributed by atoms with E-state index in [0.29, 0.717) is 17.8 Å². The van der Waals surface area contributed by atoms with Crippen LogP contribution in [0.3, 0.4) is 0 Å². The van der Waals surface area contributed by atoms with Gasteiger partial charge >= 0.3 is 0 Å². The normalized spacial score (nSPS) is 19.4. The minimum Gasteiger partial charge on any atom is -0.349 e. The van der Waals surface area contributed by atoms with E-state index >= 15 is 0 Å². The molecule has 0 radical (unpaired) electrons. The van der Waals surface area contributed by atoms with Crippen molar-refractivity contribution in [2.45, 2.75) is 45.7 Å². The highest BCUT2D eigenvalue weighted by Gasteiger charge is 2.27. The lowest BCUT2D eigenvalue weighted by Gasteiger charge is -2.25. The molecule has 0 aromatic carbocycles. The first-order valence-electron chi connectivity index (χ1n) is 7.01. The number of rotatable bonds is 5. The molecule has 0 bridgehead atoms. The first kappa shape index (κ1) is 14.6. The molecule has 106 valence electrons. The number of alkyl halides is 1. The Morgan fingerprint density at radius 1 is 1.53 bits per heavy atom. The molecule has 0 spiro atoms. The van der Waals surface area contributed by atoms with E-state index in [9.17, 15) is 4.79 Å². The van der Waals surface area contributed by atoms with E-state index in [-0.39, 0.29) is 5.56 Å². The standard InChI is InChI=1S/C14H22BrN3O/c1-11(2)10-17-9-7-16-13(14(17)19)18-8-3-4-12(18)5-6-15/h7,9,11-12H,3-6,8,10H2,1-2H3. The van der Waals surface area contributed by atoms with E-state index in [0.717, 1.165) is 37.7 Å². The van der Waals surface area contributed by atoms with Gasteiger partial charge in [-0.1, -0.05) is 29.8 Å². The predicted molar refractivity (Wildman–Crippen MR) is 82.1 cm³/mol. The van der Waals surface area contributed by atoms with Crippen molar-refractivity contribution < 1.29 is 0 Å². The van der Waals surface area contributed by atoms with E-state index in [1.54, 1.807) is 17.0 Å². The van der Waals surface area contributed by atoms with E-state index < -0.39 is 0 Å². The summed E-state index contributed by atoms with van der Waals surface area (Å²) in [5.74, 6) is 1.09. The summed E-state index contributed by atoms with van der Waals surface area (Å²) in [7, 11) is 0. The Hall–Kier alpha value is -0.840. The zero-order chi connectivity index (χ0) is 13.8. The van der Waals surface area contributed by atoms with Crippen LogP contribution in [0.1, 0.15) is 33.1 Å². The minimum absolute atomic E-state index is 0.0534. The van der Waals surface area contributed by atoms with E-state index in [4.69, 9.17) is 0 Å². The number of nitrogens with zero attached hydrogens (tertiary/aromatic N) is 3. The van der Waals surface area contributed by atoms with Crippen molar-refractivity contribution in [3.8, 4) is 0 Å². The lowest BCUT2D eigenvalue weighted by molar-refractivity contribution is 0.507. The molecule has 0 saturated carbocycles. The molecule has 2 heterocycles. The minimum atomic E-state index is 0.0534. The van der Waals surface area contributed by atoms with Crippen LogP contribution in [0.4, 0.5) is 5.82 Å². The summed E-state index contributed by atoms with van der Waals surface area (Å²) in [5.41, 5.74) is 0.0534. The predicted octanol–water partition coefficient (Wildman–Crippen LogP) is 2.65. The summed E-state index contributed by atoms with van der Waals surface area (Å²) in [6, 6.07) is 0.453. The molecule has 1 aliphatic rings. The summed E-state index contributed by atoms with van der Waals surface area (Å²) in [4.78, 5) is 19.0. The molecule has 0 amide bonds. The Balaban J connectivity index is 2.27. The maximum atomic E-state index is 12.5. The molecule has 2 rings (SSSR count). The summed E-state index contributed by atoms with van der Waals surface area (Å²) in [6.45, 7) is 5.95. The van der Waals surface area contributed by atoms with Crippen LogP contribution >= 0.6 is 15.9 Å². The number of hydrogen-bond donors (Lipinski definition) is 0. The smallest absolute Gasteiger partial charge is 0.293 e. The van der Waals surface area contributed by atoms with Gasteiger partial charge in [0, 0.05) is 36.9 Å². The van der Waals surface area contributed by atoms with Gasteiger partial charge in [0.15, 0.2) is 5.82 Å². The topological polar surface area (TPSA) is 38.1 Å². The second-order valence-electron chi connectivity index (χ2n) is 5.57. The lowest BCUT2D eigenvalue weighted by atomic mass is 10.2. The highest BCUT2D eigenvalue weighted by atomic mass is 79.9. The van der Waals surface area contributed by atoms with Crippen LogP contribution in [-0.4, -0.2) is 27.5 Å². The van der Waals surface area contributed by atoms with Crippen LogP contribution < -0.4 is 10.5 Å². The third-order valence-corrected chi connectivity index (χ3v) is 4.01. The van der Waals surface area contributed by atoms with Gasteiger partial charge in [-0.15, -0.1) is 0 Å². The summed E-state index contributed by atoms with van der Waals surface area (Å²) in [6.07, 6.45) is 6.92. The van der Waals surface area contributed by atoms with Gasteiger partial charge in [-0.05, 0) is 25.2 Å². The second-order valence-corrected chi connectivity index (χ2v) is 6.36. The number of hydrogen-bond acceptors (Lipinski definition) is 3. The Kier molecular flexibility index (Phi) is 5.02. The molecular formula is C14H22BrN3O. The molecule has 4 nitrogen and oxygen atoms in total. The van der Waals surface area contributed by atoms with Gasteiger partial charge in [0.25, 0.3) is 5.56 Å². The first-order valence-corrected chi connectivity index (χ1v) is 8.13. The van der Waals surface area contributed by atoms with Crippen LogP contribution in [0.15, 0.2) is 17.2 Å². The molecule has 0 aliphatic carbocycles. The Morgan fingerprint density at radius 3 is 3.00 bits per heavy atom. The molecule has 1 aromatic heterocycles. The molecule has 1 saturated heterocycles. The average molecular weight is 328 g/mol. The molecule has 1 atom stereocenters. The maximum absolute atomic E-state index is 12.5. The summed E-state index contributed by atoms with van der Waals surface area (Å²) in [5, 5.41) is 0.973. The fourth-order valence-corrected chi connectivity index (χ4v) is 3.24. The molecule has 19 heavy (non-hydrogen) atoms. The van der Waals surface area contributed by atoms with E-state index in [1.807, 2.05) is 0 Å². The van der Waals surface area contributed by atoms with Crippen molar-refractivity contribution in [2.24, 2.45) is 5.92 Å². The van der Waals surface area contributed by atoms with Gasteiger partial charge in [0.2, 0.25) is 0 Å². The Morgan fingerprint density at radius 2 is 2.32 bits per heavy atom. The SMILES string of the molecule is CC(C)Cn1ccnc(N2CCCC2CCBr)c1=O. The molecule has 0 N–H and O–H groups in total. The molecule has 1 unspecified atom stereocenters. The van der Waals surface area contributed by atoms with Crippen molar-refractivity contribution in [3.05, 3.63) is 22.7 Å². The largest absolute Gasteiger partial charge is 0.349 e. The van der Waals surface area contributed by atoms with Crippen LogP contribution in [-0.2, 0) is 6.54 Å². The first-order chi connectivity index (χ1) is 9.13. The highest BCUT2D eigenvalue weighted by molar-refractivity contribution is 9.09. The highest BCUT2D eigenvalue weighted by Crippen LogP contribution is 2.24. The van der Waals surface area contributed by atoms with Gasteiger partial charge in [-0.25, -0.2) is 4.98 Å². The van der Waals surface area contributed by atoms with Gasteiger partial charge < -0.3 is 9.47 Å². The van der Waals surface area contributed by atoms with Gasteiger partial charge in [-0.3, -0.25) is 4.79 Å². The monoisotopic (exact) mass is 327 g/mol. The van der Waals surface area contributed by atoms with Crippen molar-refractivity contribution in [3.63, 3.8) is 0 Å². The fourth-order valence-electron chi connectivity index (χ4n) is 2.71. The zero-order valence-electron chi connectivity index (χ0n) is 11.7. The van der Waals surface area contributed by atoms with Gasteiger partial charge in [0.05, 0.1) is 0 Å². The van der Waals surface area contributed by atoms with Crippen molar-refractivity contribution in [2.75, 3.05) is 16.8 Å². The lowest BCUT2D eigenvalue weighted by Crippen LogP contribution is -2.37. The van der Waals surface area contributed by atoms with Crippen molar-refractivity contribution in [1.29, 1.82) is 0 Å². The van der Waals surface area contributed by atoms with Gasteiger partial charge in [-0.2, -0.15) is 0 Å². The summed E-state index contributed by atoms with van der Waals surface area (Å²) < 4.78 is 1.79. The van der Waals surface area contributed by atoms with Crippen LogP contribution in [0.2, 0.25) is 0 Å². The van der Waals surface area contributed by atoms with Crippen LogP contribution in [0.25, 0.3) is 0 Å². The average Bonchev–Trinajstić information content (AvgIpc) is 2.80. The molecule has 5 heteroatoms. The van der Waals surface area contributed by atoms with Crippen LogP contribution in [0, 0.1) is 5.92 Å². The van der Waals surface area contributed by atoms with Crippen molar-refractivity contribution in [1.82, 2.24) is 9.55 Å². The molecular weight excluding hydrogens is 306 g/mol. The third kappa shape index (κ3) is 3.38.